The van der Waals surface area contributed by atoms with Crippen LogP contribution >= 0.6 is 0 Å². The second kappa shape index (κ2) is 5.45. The van der Waals surface area contributed by atoms with Gasteiger partial charge in [0.05, 0.1) is 11.3 Å². The highest BCUT2D eigenvalue weighted by Gasteiger charge is 2.21. The van der Waals surface area contributed by atoms with Crippen molar-refractivity contribution >= 4 is 5.78 Å². The number of ether oxygens (including phenoxy) is 1. The molecule has 0 aromatic carbocycles. The maximum absolute atomic E-state index is 11.9. The lowest BCUT2D eigenvalue weighted by Crippen LogP contribution is -2.27. The Balaban J connectivity index is 2.68. The third-order valence-corrected chi connectivity index (χ3v) is 2.84. The highest BCUT2D eigenvalue weighted by Crippen LogP contribution is 2.15. The van der Waals surface area contributed by atoms with Crippen molar-refractivity contribution in [3.8, 4) is 0 Å². The molecule has 1 rings (SSSR count). The van der Waals surface area contributed by atoms with Gasteiger partial charge in [0.2, 0.25) is 0 Å². The van der Waals surface area contributed by atoms with Crippen LogP contribution in [0.1, 0.15) is 38.6 Å². The lowest BCUT2D eigenvalue weighted by Gasteiger charge is -2.21. The Labute approximate surface area is 103 Å². The van der Waals surface area contributed by atoms with Gasteiger partial charge >= 0.3 is 0 Å². The van der Waals surface area contributed by atoms with Crippen LogP contribution in [0.25, 0.3) is 0 Å². The molecule has 0 aliphatic carbocycles. The molecule has 0 bridgehead atoms. The Morgan fingerprint density at radius 3 is 2.71 bits per heavy atom. The minimum absolute atomic E-state index is 0.187. The van der Waals surface area contributed by atoms with Crippen LogP contribution in [0.5, 0.6) is 0 Å². The zero-order chi connectivity index (χ0) is 13.1. The number of hydrogen-bond donors (Lipinski definition) is 0. The van der Waals surface area contributed by atoms with E-state index < -0.39 is 0 Å². The summed E-state index contributed by atoms with van der Waals surface area (Å²) in [5.41, 5.74) is 1.56. The minimum atomic E-state index is -0.386. The molecule has 4 nitrogen and oxygen atoms in total. The molecular formula is C13H22N2O2. The van der Waals surface area contributed by atoms with Gasteiger partial charge in [-0.3, -0.25) is 9.48 Å². The van der Waals surface area contributed by atoms with Gasteiger partial charge in [-0.25, -0.2) is 0 Å². The molecule has 0 aliphatic rings. The molecular weight excluding hydrogens is 216 g/mol. The number of carbonyl (C=O) groups is 1. The van der Waals surface area contributed by atoms with E-state index in [0.717, 1.165) is 17.9 Å². The highest BCUT2D eigenvalue weighted by atomic mass is 16.5. The lowest BCUT2D eigenvalue weighted by molar-refractivity contribution is -0.123. The average molecular weight is 238 g/mol. The summed E-state index contributed by atoms with van der Waals surface area (Å²) in [6.45, 7) is 8.61. The van der Waals surface area contributed by atoms with Crippen LogP contribution in [-0.2, 0) is 22.5 Å². The van der Waals surface area contributed by atoms with Crippen LogP contribution in [0.4, 0.5) is 0 Å². The molecule has 0 spiro atoms. The molecule has 0 unspecified atom stereocenters. The summed E-state index contributed by atoms with van der Waals surface area (Å²) in [4.78, 5) is 11.9. The molecule has 0 radical (unpaired) electrons. The van der Waals surface area contributed by atoms with Crippen molar-refractivity contribution < 1.29 is 9.53 Å². The van der Waals surface area contributed by atoms with E-state index >= 15 is 0 Å². The molecule has 0 amide bonds. The number of aromatic nitrogens is 2. The Morgan fingerprint density at radius 2 is 2.18 bits per heavy atom. The first-order valence-corrected chi connectivity index (χ1v) is 5.98. The van der Waals surface area contributed by atoms with Gasteiger partial charge in [0.25, 0.3) is 0 Å². The fourth-order valence-corrected chi connectivity index (χ4v) is 1.83. The predicted octanol–water partition coefficient (Wildman–Crippen LogP) is 2.14. The minimum Gasteiger partial charge on any atom is -0.378 e. The average Bonchev–Trinajstić information content (AvgIpc) is 2.57. The highest BCUT2D eigenvalue weighted by molar-refractivity contribution is 5.81. The second-order valence-electron chi connectivity index (χ2n) is 4.95. The summed E-state index contributed by atoms with van der Waals surface area (Å²) < 4.78 is 7.15. The van der Waals surface area contributed by atoms with E-state index in [2.05, 4.69) is 5.10 Å². The van der Waals surface area contributed by atoms with E-state index in [1.54, 1.807) is 7.11 Å². The van der Waals surface area contributed by atoms with Crippen LogP contribution in [-0.4, -0.2) is 28.3 Å². The number of ketones is 1. The molecule has 96 valence electrons. The van der Waals surface area contributed by atoms with Crippen molar-refractivity contribution in [2.45, 2.75) is 52.7 Å². The van der Waals surface area contributed by atoms with Gasteiger partial charge in [0.1, 0.15) is 5.78 Å². The van der Waals surface area contributed by atoms with Gasteiger partial charge in [-0.05, 0) is 33.8 Å². The molecule has 0 saturated carbocycles. The Morgan fingerprint density at radius 1 is 1.53 bits per heavy atom. The van der Waals surface area contributed by atoms with Gasteiger partial charge in [-0.1, -0.05) is 0 Å². The van der Waals surface area contributed by atoms with Gasteiger partial charge < -0.3 is 4.74 Å². The summed E-state index contributed by atoms with van der Waals surface area (Å²) in [6, 6.07) is 1.97. The number of Topliss-reactive ketones (excluding diaryl/α,β-unsaturated/α-hetero) is 1. The largest absolute Gasteiger partial charge is 0.378 e. The molecule has 4 heteroatoms. The van der Waals surface area contributed by atoms with Crippen LogP contribution in [0.15, 0.2) is 6.07 Å². The van der Waals surface area contributed by atoms with E-state index in [1.165, 1.54) is 0 Å². The lowest BCUT2D eigenvalue weighted by atomic mass is 9.99. The normalized spacial score (nSPS) is 11.8. The van der Waals surface area contributed by atoms with Gasteiger partial charge in [-0.15, -0.1) is 0 Å². The fourth-order valence-electron chi connectivity index (χ4n) is 1.83. The Bertz CT molecular complexity index is 394. The van der Waals surface area contributed by atoms with E-state index in [1.807, 2.05) is 38.4 Å². The number of carbonyl (C=O) groups excluding carboxylic acids is 1. The monoisotopic (exact) mass is 238 g/mol. The molecule has 1 heterocycles. The molecule has 0 atom stereocenters. The van der Waals surface area contributed by atoms with Gasteiger partial charge in [0.15, 0.2) is 0 Å². The molecule has 17 heavy (non-hydrogen) atoms. The summed E-state index contributed by atoms with van der Waals surface area (Å²) >= 11 is 0. The molecule has 0 aliphatic heterocycles. The Hall–Kier alpha value is -1.16. The molecule has 1 aromatic rings. The number of methoxy groups -OCH3 is 1. The number of aryl methyl sites for hydroxylation is 2. The molecule has 1 aromatic heterocycles. The van der Waals surface area contributed by atoms with Gasteiger partial charge in [-0.2, -0.15) is 5.10 Å². The van der Waals surface area contributed by atoms with Gasteiger partial charge in [0, 0.05) is 32.2 Å². The molecule has 0 fully saturated rings. The first kappa shape index (κ1) is 13.9. The third-order valence-electron chi connectivity index (χ3n) is 2.84. The maximum Gasteiger partial charge on any atom is 0.141 e. The van der Waals surface area contributed by atoms with E-state index in [0.29, 0.717) is 12.8 Å². The molecule has 0 N–H and O–H groups in total. The number of rotatable bonds is 6. The smallest absolute Gasteiger partial charge is 0.141 e. The van der Waals surface area contributed by atoms with E-state index in [9.17, 15) is 4.79 Å². The fraction of sp³-hybridized carbons (Fsp3) is 0.692. The van der Waals surface area contributed by atoms with Crippen LogP contribution in [0.2, 0.25) is 0 Å². The van der Waals surface area contributed by atoms with Crippen molar-refractivity contribution in [3.05, 3.63) is 17.5 Å². The number of nitrogens with zero attached hydrogens (tertiary/aromatic N) is 2. The van der Waals surface area contributed by atoms with Crippen LogP contribution < -0.4 is 0 Å². The first-order chi connectivity index (χ1) is 7.88. The predicted molar refractivity (Wildman–Crippen MR) is 67.1 cm³/mol. The zero-order valence-electron chi connectivity index (χ0n) is 11.4. The maximum atomic E-state index is 11.9. The van der Waals surface area contributed by atoms with Crippen molar-refractivity contribution in [2.75, 3.05) is 7.11 Å². The first-order valence-electron chi connectivity index (χ1n) is 5.98. The molecule has 0 saturated heterocycles. The van der Waals surface area contributed by atoms with Crippen LogP contribution in [0, 0.1) is 6.92 Å². The zero-order valence-corrected chi connectivity index (χ0v) is 11.4. The second-order valence-corrected chi connectivity index (χ2v) is 4.95. The standard InChI is InChI=1S/C13H22N2O2/c1-6-15-11(7-10(2)14-15)8-12(16)9-13(3,4)17-5/h7H,6,8-9H2,1-5H3. The summed E-state index contributed by atoms with van der Waals surface area (Å²) in [5.74, 6) is 0.187. The van der Waals surface area contributed by atoms with Crippen molar-refractivity contribution in [2.24, 2.45) is 0 Å². The SMILES string of the molecule is CCn1nc(C)cc1CC(=O)CC(C)(C)OC. The summed E-state index contributed by atoms with van der Waals surface area (Å²) in [5, 5.41) is 4.33. The quantitative estimate of drug-likeness (QED) is 0.762. The van der Waals surface area contributed by atoms with Crippen molar-refractivity contribution in [1.29, 1.82) is 0 Å². The van der Waals surface area contributed by atoms with Crippen molar-refractivity contribution in [1.82, 2.24) is 9.78 Å². The van der Waals surface area contributed by atoms with Crippen molar-refractivity contribution in [3.63, 3.8) is 0 Å². The summed E-state index contributed by atoms with van der Waals surface area (Å²) in [6.07, 6.45) is 0.860. The van der Waals surface area contributed by atoms with E-state index in [-0.39, 0.29) is 11.4 Å². The summed E-state index contributed by atoms with van der Waals surface area (Å²) in [7, 11) is 1.63. The van der Waals surface area contributed by atoms with E-state index in [4.69, 9.17) is 4.74 Å². The number of hydrogen-bond acceptors (Lipinski definition) is 3. The third kappa shape index (κ3) is 3.97. The Kier molecular flexibility index (Phi) is 4.46. The topological polar surface area (TPSA) is 44.1 Å². The van der Waals surface area contributed by atoms with Crippen LogP contribution in [0.3, 0.4) is 0 Å².